The zero-order valence-electron chi connectivity index (χ0n) is 18.9. The summed E-state index contributed by atoms with van der Waals surface area (Å²) in [5.41, 5.74) is 4.47. The molecule has 1 amide bonds. The fourth-order valence-corrected chi connectivity index (χ4v) is 4.40. The Balaban J connectivity index is 1.40. The first kappa shape index (κ1) is 22.2. The first-order chi connectivity index (χ1) is 16.5. The highest BCUT2D eigenvalue weighted by Crippen LogP contribution is 2.34. The van der Waals surface area contributed by atoms with Crippen molar-refractivity contribution in [3.8, 4) is 0 Å². The smallest absolute Gasteiger partial charge is 0.275 e. The lowest BCUT2D eigenvalue weighted by Gasteiger charge is -2.33. The number of carbonyl (C=O) groups is 1. The molecule has 0 aliphatic carbocycles. The number of aliphatic hydroxyl groups excluding tert-OH is 2. The Morgan fingerprint density at radius 2 is 2.12 bits per heavy atom. The van der Waals surface area contributed by atoms with Gasteiger partial charge in [-0.1, -0.05) is 0 Å². The minimum absolute atomic E-state index is 0.0154. The van der Waals surface area contributed by atoms with Crippen LogP contribution >= 0.6 is 0 Å². The van der Waals surface area contributed by atoms with E-state index in [2.05, 4.69) is 25.6 Å². The lowest BCUT2D eigenvalue weighted by Crippen LogP contribution is -2.36. The van der Waals surface area contributed by atoms with Crippen molar-refractivity contribution in [3.63, 3.8) is 0 Å². The van der Waals surface area contributed by atoms with E-state index >= 15 is 0 Å². The van der Waals surface area contributed by atoms with Crippen LogP contribution in [0.1, 0.15) is 30.3 Å². The van der Waals surface area contributed by atoms with E-state index in [4.69, 9.17) is 4.74 Å². The second kappa shape index (κ2) is 9.32. The SMILES string of the molecule is Cc1cc(C2NC(C(=O)Nc3cc4cnn(CCO)c4cc3N3CCC(O)CC3)=CO2)ccn1. The highest BCUT2D eigenvalue weighted by atomic mass is 16.5. The van der Waals surface area contributed by atoms with Crippen LogP contribution in [0.3, 0.4) is 0 Å². The number of nitrogens with one attached hydrogen (secondary N) is 2. The Kier molecular flexibility index (Phi) is 6.08. The van der Waals surface area contributed by atoms with Crippen LogP contribution in [-0.2, 0) is 16.1 Å². The highest BCUT2D eigenvalue weighted by Gasteiger charge is 2.26. The Labute approximate surface area is 196 Å². The molecule has 0 radical (unpaired) electrons. The van der Waals surface area contributed by atoms with E-state index in [1.165, 1.54) is 6.26 Å². The molecule has 10 heteroatoms. The van der Waals surface area contributed by atoms with Crippen LogP contribution in [0.15, 0.2) is 48.6 Å². The van der Waals surface area contributed by atoms with E-state index in [1.807, 2.05) is 31.2 Å². The molecule has 1 aromatic carbocycles. The maximum Gasteiger partial charge on any atom is 0.275 e. The Hall–Kier alpha value is -3.63. The Morgan fingerprint density at radius 3 is 2.88 bits per heavy atom. The standard InChI is InChI=1S/C24H28N6O4/c1-15-10-16(2-5-25-15)24-28-20(14-34-24)23(33)27-19-11-17-13-26-30(8-9-31)21(17)12-22(19)29-6-3-18(32)4-7-29/h2,5,10-14,18,24,28,31-32H,3-4,6-9H2,1H3,(H,27,33). The molecule has 1 saturated heterocycles. The molecule has 0 spiro atoms. The number of carbonyl (C=O) groups excluding carboxylic acids is 1. The number of nitrogens with zero attached hydrogens (tertiary/aromatic N) is 4. The number of aliphatic hydroxyl groups is 2. The number of rotatable bonds is 6. The summed E-state index contributed by atoms with van der Waals surface area (Å²) in [7, 11) is 0. The molecule has 4 N–H and O–H groups in total. The predicted molar refractivity (Wildman–Crippen MR) is 127 cm³/mol. The van der Waals surface area contributed by atoms with Crippen molar-refractivity contribution in [2.24, 2.45) is 0 Å². The van der Waals surface area contributed by atoms with Gasteiger partial charge in [-0.05, 0) is 44.0 Å². The number of hydrogen-bond donors (Lipinski definition) is 4. The summed E-state index contributed by atoms with van der Waals surface area (Å²) in [5.74, 6) is -0.311. The summed E-state index contributed by atoms with van der Waals surface area (Å²) < 4.78 is 7.44. The van der Waals surface area contributed by atoms with E-state index in [-0.39, 0.29) is 18.6 Å². The van der Waals surface area contributed by atoms with Gasteiger partial charge in [0, 0.05) is 35.9 Å². The van der Waals surface area contributed by atoms with Gasteiger partial charge in [-0.2, -0.15) is 5.10 Å². The largest absolute Gasteiger partial charge is 0.472 e. The van der Waals surface area contributed by atoms with Crippen LogP contribution < -0.4 is 15.5 Å². The van der Waals surface area contributed by atoms with Gasteiger partial charge in [-0.15, -0.1) is 0 Å². The van der Waals surface area contributed by atoms with Crippen LogP contribution in [0.4, 0.5) is 11.4 Å². The Morgan fingerprint density at radius 1 is 1.29 bits per heavy atom. The van der Waals surface area contributed by atoms with E-state index in [0.29, 0.717) is 43.9 Å². The van der Waals surface area contributed by atoms with Crippen LogP contribution in [0.2, 0.25) is 0 Å². The zero-order valence-corrected chi connectivity index (χ0v) is 18.9. The fourth-order valence-electron chi connectivity index (χ4n) is 4.40. The third-order valence-corrected chi connectivity index (χ3v) is 6.20. The molecule has 2 aromatic heterocycles. The summed E-state index contributed by atoms with van der Waals surface area (Å²) in [6, 6.07) is 7.64. The molecule has 10 nitrogen and oxygen atoms in total. The second-order valence-electron chi connectivity index (χ2n) is 8.61. The molecule has 2 aliphatic heterocycles. The number of anilines is 2. The average Bonchev–Trinajstić information content (AvgIpc) is 3.47. The van der Waals surface area contributed by atoms with Crippen LogP contribution in [0.25, 0.3) is 10.9 Å². The summed E-state index contributed by atoms with van der Waals surface area (Å²) in [6.45, 7) is 3.63. The quantitative estimate of drug-likeness (QED) is 0.435. The molecule has 4 heterocycles. The van der Waals surface area contributed by atoms with Crippen molar-refractivity contribution in [1.29, 1.82) is 0 Å². The molecule has 1 fully saturated rings. The summed E-state index contributed by atoms with van der Waals surface area (Å²) in [5, 5.41) is 30.7. The monoisotopic (exact) mass is 464 g/mol. The normalized spacial score (nSPS) is 18.5. The van der Waals surface area contributed by atoms with Gasteiger partial charge in [0.2, 0.25) is 0 Å². The van der Waals surface area contributed by atoms with E-state index in [0.717, 1.165) is 27.8 Å². The van der Waals surface area contributed by atoms with Crippen molar-refractivity contribution < 1.29 is 19.7 Å². The zero-order chi connectivity index (χ0) is 23.7. The molecule has 1 unspecified atom stereocenters. The number of pyridine rings is 1. The minimum atomic E-state index is -0.454. The molecule has 0 saturated carbocycles. The summed E-state index contributed by atoms with van der Waals surface area (Å²) in [6.07, 6.45) is 5.43. The molecule has 5 rings (SSSR count). The predicted octanol–water partition coefficient (Wildman–Crippen LogP) is 1.79. The third kappa shape index (κ3) is 4.42. The molecule has 178 valence electrons. The van der Waals surface area contributed by atoms with Crippen LogP contribution in [0.5, 0.6) is 0 Å². The molecular formula is C24H28N6O4. The number of fused-ring (bicyclic) bond motifs is 1. The fraction of sp³-hybridized carbons (Fsp3) is 0.375. The maximum atomic E-state index is 13.1. The van der Waals surface area contributed by atoms with Crippen LogP contribution in [0, 0.1) is 6.92 Å². The number of amides is 1. The van der Waals surface area contributed by atoms with Gasteiger partial charge in [0.15, 0.2) is 6.23 Å². The lowest BCUT2D eigenvalue weighted by molar-refractivity contribution is -0.113. The lowest BCUT2D eigenvalue weighted by atomic mass is 10.1. The van der Waals surface area contributed by atoms with Crippen molar-refractivity contribution in [2.45, 2.75) is 38.6 Å². The van der Waals surface area contributed by atoms with Crippen molar-refractivity contribution in [3.05, 3.63) is 59.9 Å². The average molecular weight is 465 g/mol. The highest BCUT2D eigenvalue weighted by molar-refractivity contribution is 6.07. The van der Waals surface area contributed by atoms with Gasteiger partial charge in [-0.25, -0.2) is 0 Å². The number of aromatic nitrogens is 3. The topological polar surface area (TPSA) is 125 Å². The van der Waals surface area contributed by atoms with E-state index < -0.39 is 6.23 Å². The first-order valence-electron chi connectivity index (χ1n) is 11.4. The number of hydrogen-bond acceptors (Lipinski definition) is 8. The number of ether oxygens (including phenoxy) is 1. The van der Waals surface area contributed by atoms with Crippen molar-refractivity contribution >= 4 is 28.2 Å². The molecule has 0 bridgehead atoms. The van der Waals surface area contributed by atoms with Crippen molar-refractivity contribution in [2.75, 3.05) is 29.9 Å². The van der Waals surface area contributed by atoms with Gasteiger partial charge in [0.05, 0.1) is 42.3 Å². The molecule has 2 aliphatic rings. The number of aryl methyl sites for hydroxylation is 1. The van der Waals surface area contributed by atoms with Gasteiger partial charge < -0.3 is 30.5 Å². The second-order valence-corrected chi connectivity index (χ2v) is 8.61. The summed E-state index contributed by atoms with van der Waals surface area (Å²) in [4.78, 5) is 19.5. The first-order valence-corrected chi connectivity index (χ1v) is 11.4. The molecule has 34 heavy (non-hydrogen) atoms. The Bertz CT molecular complexity index is 1230. The van der Waals surface area contributed by atoms with E-state index in [9.17, 15) is 15.0 Å². The minimum Gasteiger partial charge on any atom is -0.472 e. The maximum absolute atomic E-state index is 13.1. The summed E-state index contributed by atoms with van der Waals surface area (Å²) >= 11 is 0. The van der Waals surface area contributed by atoms with Gasteiger partial charge in [-0.3, -0.25) is 14.5 Å². The molecular weight excluding hydrogens is 436 g/mol. The number of benzene rings is 1. The van der Waals surface area contributed by atoms with Gasteiger partial charge in [0.1, 0.15) is 12.0 Å². The van der Waals surface area contributed by atoms with Gasteiger partial charge >= 0.3 is 0 Å². The third-order valence-electron chi connectivity index (χ3n) is 6.20. The van der Waals surface area contributed by atoms with Crippen molar-refractivity contribution in [1.82, 2.24) is 20.1 Å². The molecule has 3 aromatic rings. The van der Waals surface area contributed by atoms with Gasteiger partial charge in [0.25, 0.3) is 5.91 Å². The van der Waals surface area contributed by atoms with E-state index in [1.54, 1.807) is 17.1 Å². The van der Waals surface area contributed by atoms with Crippen LogP contribution in [-0.4, -0.2) is 56.7 Å². The number of piperidine rings is 1. The molecule has 1 atom stereocenters.